The number of pyridine rings is 1. The molecule has 1 aliphatic heterocycles. The van der Waals surface area contributed by atoms with Crippen molar-refractivity contribution in [3.63, 3.8) is 0 Å². The molecule has 22 heavy (non-hydrogen) atoms. The number of carbonyl (C=O) groups excluding carboxylic acids is 1. The zero-order valence-corrected chi connectivity index (χ0v) is 14.4. The number of aromatic nitrogens is 2. The van der Waals surface area contributed by atoms with Crippen LogP contribution in [0.5, 0.6) is 0 Å². The topological polar surface area (TPSA) is 63.2 Å². The van der Waals surface area contributed by atoms with Gasteiger partial charge in [0.2, 0.25) is 0 Å². The summed E-state index contributed by atoms with van der Waals surface area (Å²) in [6.07, 6.45) is 3.35. The number of rotatable bonds is 3. The van der Waals surface area contributed by atoms with Crippen LogP contribution in [0, 0.1) is 0 Å². The van der Waals surface area contributed by atoms with Crippen molar-refractivity contribution in [1.29, 1.82) is 0 Å². The van der Waals surface area contributed by atoms with Gasteiger partial charge in [0.25, 0.3) is 5.91 Å². The van der Waals surface area contributed by atoms with E-state index < -0.39 is 10.8 Å². The Morgan fingerprint density at radius 1 is 1.45 bits per heavy atom. The molecule has 0 unspecified atom stereocenters. The summed E-state index contributed by atoms with van der Waals surface area (Å²) >= 11 is 1.33. The van der Waals surface area contributed by atoms with Crippen molar-refractivity contribution in [2.24, 2.45) is 0 Å². The van der Waals surface area contributed by atoms with Crippen LogP contribution in [-0.4, -0.2) is 48.6 Å². The van der Waals surface area contributed by atoms with Crippen LogP contribution in [0.1, 0.15) is 36.5 Å². The summed E-state index contributed by atoms with van der Waals surface area (Å²) in [5.74, 6) is 0.488. The van der Waals surface area contributed by atoms with Crippen molar-refractivity contribution in [1.82, 2.24) is 14.9 Å². The third-order valence-electron chi connectivity index (χ3n) is 4.43. The highest BCUT2D eigenvalue weighted by atomic mass is 32.2. The van der Waals surface area contributed by atoms with Gasteiger partial charge in [-0.2, -0.15) is 0 Å². The largest absolute Gasteiger partial charge is 0.334 e. The van der Waals surface area contributed by atoms with Gasteiger partial charge in [0, 0.05) is 35.8 Å². The molecule has 0 aromatic carbocycles. The predicted octanol–water partition coefficient (Wildman–Crippen LogP) is 2.45. The van der Waals surface area contributed by atoms with Crippen molar-refractivity contribution < 1.29 is 9.00 Å². The van der Waals surface area contributed by atoms with E-state index in [-0.39, 0.29) is 10.7 Å². The van der Waals surface area contributed by atoms with E-state index in [2.05, 4.69) is 23.8 Å². The van der Waals surface area contributed by atoms with Crippen LogP contribution in [-0.2, 0) is 10.8 Å². The molecular formula is C15H19N3O2S2. The maximum absolute atomic E-state index is 12.7. The number of carbonyl (C=O) groups is 1. The number of hydrogen-bond donors (Lipinski definition) is 0. The number of amides is 1. The monoisotopic (exact) mass is 337 g/mol. The van der Waals surface area contributed by atoms with E-state index in [1.807, 2.05) is 17.0 Å². The third kappa shape index (κ3) is 2.56. The average molecular weight is 337 g/mol. The highest BCUT2D eigenvalue weighted by molar-refractivity contribution is 7.86. The van der Waals surface area contributed by atoms with Crippen molar-refractivity contribution in [2.75, 3.05) is 18.8 Å². The van der Waals surface area contributed by atoms with Crippen molar-refractivity contribution in [3.05, 3.63) is 23.3 Å². The Morgan fingerprint density at radius 2 is 2.23 bits per heavy atom. The van der Waals surface area contributed by atoms with E-state index in [1.54, 1.807) is 6.20 Å². The molecule has 2 aromatic rings. The molecule has 1 saturated heterocycles. The quantitative estimate of drug-likeness (QED) is 0.863. The van der Waals surface area contributed by atoms with Crippen LogP contribution in [0.15, 0.2) is 18.3 Å². The van der Waals surface area contributed by atoms with Gasteiger partial charge in [-0.25, -0.2) is 9.97 Å². The molecule has 0 radical (unpaired) electrons. The summed E-state index contributed by atoms with van der Waals surface area (Å²) in [5.41, 5.74) is 0.758. The van der Waals surface area contributed by atoms with E-state index in [0.717, 1.165) is 23.2 Å². The first-order chi connectivity index (χ1) is 10.6. The van der Waals surface area contributed by atoms with E-state index in [0.29, 0.717) is 23.8 Å². The molecule has 2 aromatic heterocycles. The number of nitrogens with zero attached hydrogens (tertiary/aromatic N) is 3. The minimum Gasteiger partial charge on any atom is -0.334 e. The molecule has 5 nitrogen and oxygen atoms in total. The van der Waals surface area contributed by atoms with Crippen molar-refractivity contribution >= 4 is 38.4 Å². The summed E-state index contributed by atoms with van der Waals surface area (Å²) in [6.45, 7) is 5.19. The van der Waals surface area contributed by atoms with Crippen LogP contribution in [0.25, 0.3) is 10.3 Å². The van der Waals surface area contributed by atoms with E-state index in [4.69, 9.17) is 0 Å². The van der Waals surface area contributed by atoms with Gasteiger partial charge in [-0.3, -0.25) is 9.00 Å². The molecule has 0 N–H and O–H groups in total. The van der Waals surface area contributed by atoms with E-state index >= 15 is 0 Å². The van der Waals surface area contributed by atoms with Gasteiger partial charge in [-0.15, -0.1) is 0 Å². The van der Waals surface area contributed by atoms with Gasteiger partial charge < -0.3 is 4.90 Å². The number of thiazole rings is 1. The van der Waals surface area contributed by atoms with Gasteiger partial charge in [-0.05, 0) is 25.0 Å². The maximum atomic E-state index is 12.7. The Kier molecular flexibility index (Phi) is 4.27. The first-order valence-corrected chi connectivity index (χ1v) is 9.62. The SMILES string of the molecule is CCC1(CC)CN(C(=O)c2nc3cccnc3s2)CC[S@]1=O. The lowest BCUT2D eigenvalue weighted by atomic mass is 10.0. The second kappa shape index (κ2) is 6.04. The molecule has 0 aliphatic carbocycles. The summed E-state index contributed by atoms with van der Waals surface area (Å²) in [6, 6.07) is 3.68. The van der Waals surface area contributed by atoms with Gasteiger partial charge >= 0.3 is 0 Å². The van der Waals surface area contributed by atoms with E-state index in [9.17, 15) is 9.00 Å². The zero-order valence-electron chi connectivity index (χ0n) is 12.7. The first kappa shape index (κ1) is 15.6. The van der Waals surface area contributed by atoms with Gasteiger partial charge in [0.1, 0.15) is 10.3 Å². The lowest BCUT2D eigenvalue weighted by molar-refractivity contribution is 0.0736. The molecule has 7 heteroatoms. The smallest absolute Gasteiger partial charge is 0.283 e. The fraction of sp³-hybridized carbons (Fsp3) is 0.533. The van der Waals surface area contributed by atoms with Crippen LogP contribution >= 0.6 is 11.3 Å². The second-order valence-electron chi connectivity index (χ2n) is 5.51. The second-order valence-corrected chi connectivity index (χ2v) is 8.46. The fourth-order valence-corrected chi connectivity index (χ4v) is 5.51. The molecule has 3 rings (SSSR count). The lowest BCUT2D eigenvalue weighted by Gasteiger charge is -2.40. The van der Waals surface area contributed by atoms with Gasteiger partial charge in [-0.1, -0.05) is 25.2 Å². The van der Waals surface area contributed by atoms with E-state index in [1.165, 1.54) is 11.3 Å². The molecule has 1 fully saturated rings. The van der Waals surface area contributed by atoms with Crippen LogP contribution in [0.2, 0.25) is 0 Å². The molecule has 118 valence electrons. The third-order valence-corrected chi connectivity index (χ3v) is 7.63. The number of fused-ring (bicyclic) bond motifs is 1. The molecule has 0 bridgehead atoms. The molecule has 1 atom stereocenters. The Balaban J connectivity index is 1.87. The predicted molar refractivity (Wildman–Crippen MR) is 89.6 cm³/mol. The zero-order chi connectivity index (χ0) is 15.7. The standard InChI is InChI=1S/C15H19N3O2S2/c1-3-15(4-2)10-18(8-9-22(15)20)14(19)13-17-11-6-5-7-16-12(11)21-13/h5-7H,3-4,8-10H2,1-2H3/t22-/m1/s1. The molecular weight excluding hydrogens is 318 g/mol. The average Bonchev–Trinajstić information content (AvgIpc) is 2.99. The molecule has 0 spiro atoms. The minimum atomic E-state index is -0.868. The maximum Gasteiger partial charge on any atom is 0.283 e. The minimum absolute atomic E-state index is 0.0639. The van der Waals surface area contributed by atoms with Crippen LogP contribution < -0.4 is 0 Å². The normalized spacial score (nSPS) is 21.2. The highest BCUT2D eigenvalue weighted by Crippen LogP contribution is 2.30. The van der Waals surface area contributed by atoms with Crippen LogP contribution in [0.4, 0.5) is 0 Å². The van der Waals surface area contributed by atoms with Gasteiger partial charge in [0.05, 0.1) is 4.75 Å². The molecule has 1 amide bonds. The molecule has 3 heterocycles. The Labute approximate surface area is 136 Å². The Bertz CT molecular complexity index is 691. The molecule has 1 aliphatic rings. The summed E-state index contributed by atoms with van der Waals surface area (Å²) < 4.78 is 12.1. The van der Waals surface area contributed by atoms with Crippen molar-refractivity contribution in [2.45, 2.75) is 31.4 Å². The molecule has 0 saturated carbocycles. The highest BCUT2D eigenvalue weighted by Gasteiger charge is 2.40. The van der Waals surface area contributed by atoms with Gasteiger partial charge in [0.15, 0.2) is 5.01 Å². The summed E-state index contributed by atoms with van der Waals surface area (Å²) in [7, 11) is -0.868. The first-order valence-electron chi connectivity index (χ1n) is 7.49. The summed E-state index contributed by atoms with van der Waals surface area (Å²) in [4.78, 5) is 24.0. The fourth-order valence-electron chi connectivity index (χ4n) is 2.87. The van der Waals surface area contributed by atoms with Crippen LogP contribution in [0.3, 0.4) is 0 Å². The Morgan fingerprint density at radius 3 is 2.91 bits per heavy atom. The Hall–Kier alpha value is -1.34. The summed E-state index contributed by atoms with van der Waals surface area (Å²) in [5, 5.41) is 0.475. The van der Waals surface area contributed by atoms with Crippen molar-refractivity contribution in [3.8, 4) is 0 Å². The number of hydrogen-bond acceptors (Lipinski definition) is 5. The lowest BCUT2D eigenvalue weighted by Crippen LogP contribution is -2.54.